The number of likely N-dealkylation sites (tertiary alicyclic amines) is 1. The number of aliphatic hydroxyl groups is 1. The van der Waals surface area contributed by atoms with Crippen LogP contribution < -0.4 is 4.74 Å². The number of benzene rings is 1. The van der Waals surface area contributed by atoms with Crippen molar-refractivity contribution >= 4 is 10.0 Å². The highest BCUT2D eigenvalue weighted by atomic mass is 32.2. The molecule has 0 radical (unpaired) electrons. The number of rotatable bonds is 4. The molecule has 28 heavy (non-hydrogen) atoms. The van der Waals surface area contributed by atoms with E-state index in [0.29, 0.717) is 25.1 Å². The van der Waals surface area contributed by atoms with Crippen molar-refractivity contribution in [1.29, 1.82) is 0 Å². The summed E-state index contributed by atoms with van der Waals surface area (Å²) in [6.07, 6.45) is 4.51. The largest absolute Gasteiger partial charge is 0.487 e. The summed E-state index contributed by atoms with van der Waals surface area (Å²) < 4.78 is 35.0. The number of hydrogen-bond donors (Lipinski definition) is 1. The summed E-state index contributed by atoms with van der Waals surface area (Å²) >= 11 is 0. The van der Waals surface area contributed by atoms with Gasteiger partial charge in [-0.25, -0.2) is 8.42 Å². The molecule has 2 atom stereocenters. The summed E-state index contributed by atoms with van der Waals surface area (Å²) in [6, 6.07) is 10.3. The van der Waals surface area contributed by atoms with Crippen LogP contribution in [0.5, 0.6) is 5.75 Å². The average Bonchev–Trinajstić information content (AvgIpc) is 2.94. The first-order valence-electron chi connectivity index (χ1n) is 9.59. The lowest BCUT2D eigenvalue weighted by Crippen LogP contribution is -2.46. The second kappa shape index (κ2) is 8.16. The van der Waals surface area contributed by atoms with E-state index >= 15 is 0 Å². The molecule has 1 aromatic carbocycles. The van der Waals surface area contributed by atoms with Crippen LogP contribution in [0.15, 0.2) is 53.7 Å². The zero-order valence-electron chi connectivity index (χ0n) is 15.6. The van der Waals surface area contributed by atoms with Gasteiger partial charge >= 0.3 is 0 Å². The zero-order chi connectivity index (χ0) is 19.6. The van der Waals surface area contributed by atoms with E-state index in [2.05, 4.69) is 9.88 Å². The lowest BCUT2D eigenvalue weighted by atomic mass is 10.1. The third kappa shape index (κ3) is 3.77. The first kappa shape index (κ1) is 19.3. The van der Waals surface area contributed by atoms with E-state index in [0.717, 1.165) is 18.7 Å². The van der Waals surface area contributed by atoms with Crippen LogP contribution in [0.25, 0.3) is 0 Å². The first-order chi connectivity index (χ1) is 13.6. The minimum atomic E-state index is -3.72. The summed E-state index contributed by atoms with van der Waals surface area (Å²) in [4.78, 5) is 6.52. The average molecular weight is 404 g/mol. The number of sulfonamides is 1. The number of nitrogens with zero attached hydrogens (tertiary/aromatic N) is 3. The van der Waals surface area contributed by atoms with Gasteiger partial charge in [-0.05, 0) is 43.1 Å². The highest BCUT2D eigenvalue weighted by Gasteiger charge is 2.43. The lowest BCUT2D eigenvalue weighted by Gasteiger charge is -2.31. The summed E-state index contributed by atoms with van der Waals surface area (Å²) in [5.41, 5.74) is 0.848. The predicted octanol–water partition coefficient (Wildman–Crippen LogP) is 1.49. The van der Waals surface area contributed by atoms with E-state index in [4.69, 9.17) is 4.74 Å². The molecule has 0 amide bonds. The quantitative estimate of drug-likeness (QED) is 0.833. The molecule has 2 aromatic rings. The maximum atomic E-state index is 13.6. The Bertz CT molecular complexity index is 907. The van der Waals surface area contributed by atoms with Gasteiger partial charge in [0.15, 0.2) is 0 Å². The molecule has 1 N–H and O–H groups in total. The van der Waals surface area contributed by atoms with Gasteiger partial charge in [-0.2, -0.15) is 4.31 Å². The molecule has 150 valence electrons. The van der Waals surface area contributed by atoms with Crippen LogP contribution in [0.2, 0.25) is 0 Å². The van der Waals surface area contributed by atoms with E-state index in [1.165, 1.54) is 0 Å². The SMILES string of the molecule is O=S1(=O)c2ccccc2O[C@H]2CCN(CCO)CC[C@@H]2N1Cc1cccnc1. The molecular weight excluding hydrogens is 378 g/mol. The Morgan fingerprint density at radius 3 is 2.75 bits per heavy atom. The van der Waals surface area contributed by atoms with Gasteiger partial charge in [0.1, 0.15) is 16.7 Å². The van der Waals surface area contributed by atoms with Crippen LogP contribution >= 0.6 is 0 Å². The molecule has 1 fully saturated rings. The Morgan fingerprint density at radius 1 is 1.14 bits per heavy atom. The highest BCUT2D eigenvalue weighted by molar-refractivity contribution is 7.89. The Labute approximate surface area is 165 Å². The van der Waals surface area contributed by atoms with Gasteiger partial charge in [0, 0.05) is 32.0 Å². The standard InChI is InChI=1S/C20H25N3O4S/c24-13-12-22-10-7-17-18(8-11-22)27-19-5-1-2-6-20(19)28(25,26)23(17)15-16-4-3-9-21-14-16/h1-6,9,14,17-18,24H,7-8,10-13,15H2/t17-,18-/m0/s1. The minimum Gasteiger partial charge on any atom is -0.487 e. The van der Waals surface area contributed by atoms with E-state index in [1.807, 2.05) is 12.1 Å². The van der Waals surface area contributed by atoms with Crippen LogP contribution in [0.1, 0.15) is 18.4 Å². The van der Waals surface area contributed by atoms with Crippen LogP contribution in [0, 0.1) is 0 Å². The Balaban J connectivity index is 1.75. The van der Waals surface area contributed by atoms with Gasteiger partial charge in [-0.1, -0.05) is 18.2 Å². The first-order valence-corrected chi connectivity index (χ1v) is 11.0. The molecule has 0 unspecified atom stereocenters. The molecule has 2 aliphatic rings. The lowest BCUT2D eigenvalue weighted by molar-refractivity contribution is 0.110. The van der Waals surface area contributed by atoms with Crippen molar-refractivity contribution in [2.24, 2.45) is 0 Å². The maximum Gasteiger partial charge on any atom is 0.247 e. The van der Waals surface area contributed by atoms with Gasteiger partial charge in [0.05, 0.1) is 12.6 Å². The predicted molar refractivity (Wildman–Crippen MR) is 104 cm³/mol. The summed E-state index contributed by atoms with van der Waals surface area (Å²) in [6.45, 7) is 2.43. The normalized spacial score (nSPS) is 25.0. The topological polar surface area (TPSA) is 83.0 Å². The fraction of sp³-hybridized carbons (Fsp3) is 0.450. The van der Waals surface area contributed by atoms with Crippen LogP contribution in [0.4, 0.5) is 0 Å². The van der Waals surface area contributed by atoms with E-state index in [9.17, 15) is 13.5 Å². The van der Waals surface area contributed by atoms with Crippen molar-refractivity contribution in [2.75, 3.05) is 26.2 Å². The molecule has 2 aliphatic heterocycles. The molecular formula is C20H25N3O4S. The molecule has 8 heteroatoms. The molecule has 1 aromatic heterocycles. The van der Waals surface area contributed by atoms with Crippen LogP contribution in [-0.4, -0.2) is 66.1 Å². The molecule has 3 heterocycles. The van der Waals surface area contributed by atoms with Crippen molar-refractivity contribution in [3.05, 3.63) is 54.4 Å². The monoisotopic (exact) mass is 403 g/mol. The molecule has 0 bridgehead atoms. The molecule has 0 saturated carbocycles. The second-order valence-corrected chi connectivity index (χ2v) is 9.08. The second-order valence-electron chi connectivity index (χ2n) is 7.22. The summed E-state index contributed by atoms with van der Waals surface area (Å²) in [5, 5.41) is 9.29. The van der Waals surface area contributed by atoms with Crippen LogP contribution in [0.3, 0.4) is 0 Å². The van der Waals surface area contributed by atoms with E-state index < -0.39 is 10.0 Å². The fourth-order valence-corrected chi connectivity index (χ4v) is 5.84. The summed E-state index contributed by atoms with van der Waals surface area (Å²) in [7, 11) is -3.72. The number of ether oxygens (including phenoxy) is 1. The maximum absolute atomic E-state index is 13.6. The van der Waals surface area contributed by atoms with Crippen molar-refractivity contribution in [3.8, 4) is 5.75 Å². The van der Waals surface area contributed by atoms with Crippen LogP contribution in [-0.2, 0) is 16.6 Å². The van der Waals surface area contributed by atoms with Crippen molar-refractivity contribution in [2.45, 2.75) is 36.4 Å². The number of aliphatic hydroxyl groups excluding tert-OH is 1. The third-order valence-electron chi connectivity index (χ3n) is 5.46. The molecule has 0 spiro atoms. The third-order valence-corrected chi connectivity index (χ3v) is 7.37. The molecule has 1 saturated heterocycles. The molecule has 4 rings (SSSR count). The van der Waals surface area contributed by atoms with Gasteiger partial charge in [0.2, 0.25) is 10.0 Å². The Kier molecular flexibility index (Phi) is 5.63. The van der Waals surface area contributed by atoms with Gasteiger partial charge in [-0.3, -0.25) is 4.98 Å². The fourth-order valence-electron chi connectivity index (χ4n) is 4.05. The van der Waals surface area contributed by atoms with E-state index in [-0.39, 0.29) is 30.2 Å². The Morgan fingerprint density at radius 2 is 1.96 bits per heavy atom. The number of para-hydroxylation sites is 1. The number of pyridine rings is 1. The number of β-amino-alcohol motifs (C(OH)–C–C–N with tert-alkyl or cyclic N) is 1. The van der Waals surface area contributed by atoms with Gasteiger partial charge in [-0.15, -0.1) is 0 Å². The smallest absolute Gasteiger partial charge is 0.247 e. The number of fused-ring (bicyclic) bond motifs is 2. The highest BCUT2D eigenvalue weighted by Crippen LogP contribution is 2.37. The molecule has 7 nitrogen and oxygen atoms in total. The number of aromatic nitrogens is 1. The minimum absolute atomic E-state index is 0.0940. The zero-order valence-corrected chi connectivity index (χ0v) is 16.5. The van der Waals surface area contributed by atoms with Crippen molar-refractivity contribution in [3.63, 3.8) is 0 Å². The summed E-state index contributed by atoms with van der Waals surface area (Å²) in [5.74, 6) is 0.418. The molecule has 0 aliphatic carbocycles. The van der Waals surface area contributed by atoms with Crippen molar-refractivity contribution in [1.82, 2.24) is 14.2 Å². The Hall–Kier alpha value is -2.00. The van der Waals surface area contributed by atoms with Crippen molar-refractivity contribution < 1.29 is 18.3 Å². The van der Waals surface area contributed by atoms with Gasteiger partial charge < -0.3 is 14.7 Å². The van der Waals surface area contributed by atoms with Gasteiger partial charge in [0.25, 0.3) is 0 Å². The number of hydrogen-bond acceptors (Lipinski definition) is 6. The van der Waals surface area contributed by atoms with E-state index in [1.54, 1.807) is 41.0 Å².